The van der Waals surface area contributed by atoms with Crippen molar-refractivity contribution in [2.45, 2.75) is 26.2 Å². The van der Waals surface area contributed by atoms with Gasteiger partial charge in [-0.25, -0.2) is 9.59 Å². The molecule has 0 atom stereocenters. The first kappa shape index (κ1) is 22.4. The molecule has 1 aromatic carbocycles. The molecule has 154 valence electrons. The topological polar surface area (TPSA) is 130 Å². The largest absolute Gasteiger partial charge is 0.495 e. The lowest BCUT2D eigenvalue weighted by Gasteiger charge is -2.24. The third-order valence-corrected chi connectivity index (χ3v) is 4.63. The van der Waals surface area contributed by atoms with E-state index in [9.17, 15) is 19.2 Å². The lowest BCUT2D eigenvalue weighted by molar-refractivity contribution is 0.394. The molecule has 3 aromatic rings. The van der Waals surface area contributed by atoms with E-state index in [0.29, 0.717) is 5.69 Å². The molecule has 10 heteroatoms. The second-order valence-electron chi connectivity index (χ2n) is 7.03. The van der Waals surface area contributed by atoms with Crippen molar-refractivity contribution in [2.24, 2.45) is 0 Å². The van der Waals surface area contributed by atoms with E-state index in [4.69, 9.17) is 4.74 Å². The van der Waals surface area contributed by atoms with Crippen LogP contribution in [0.3, 0.4) is 0 Å². The first-order chi connectivity index (χ1) is 13.5. The maximum absolute atomic E-state index is 11.9. The summed E-state index contributed by atoms with van der Waals surface area (Å²) in [6.45, 7) is 6.25. The number of ether oxygens (including phenoxy) is 1. The van der Waals surface area contributed by atoms with E-state index in [-0.39, 0.29) is 11.0 Å². The van der Waals surface area contributed by atoms with Gasteiger partial charge in [-0.1, -0.05) is 20.8 Å². The first-order valence-electron chi connectivity index (χ1n) is 8.51. The van der Waals surface area contributed by atoms with Gasteiger partial charge in [0.1, 0.15) is 5.75 Å². The van der Waals surface area contributed by atoms with Crippen LogP contribution in [-0.4, -0.2) is 26.6 Å². The number of hydrogen-bond acceptors (Lipinski definition) is 5. The van der Waals surface area contributed by atoms with Gasteiger partial charge in [-0.2, -0.15) is 0 Å². The second kappa shape index (κ2) is 9.07. The van der Waals surface area contributed by atoms with Crippen molar-refractivity contribution < 1.29 is 4.74 Å². The van der Waals surface area contributed by atoms with Crippen LogP contribution in [0, 0.1) is 3.57 Å². The number of hydrogen-bond donors (Lipinski definition) is 3. The Bertz CT molecular complexity index is 1210. The van der Waals surface area contributed by atoms with E-state index in [1.54, 1.807) is 7.11 Å². The minimum atomic E-state index is -0.475. The first-order valence-corrected chi connectivity index (χ1v) is 9.59. The molecule has 0 aliphatic heterocycles. The van der Waals surface area contributed by atoms with Gasteiger partial charge in [0.05, 0.1) is 16.4 Å². The average molecular weight is 512 g/mol. The van der Waals surface area contributed by atoms with Crippen LogP contribution in [0.25, 0.3) is 5.69 Å². The number of nitrogens with zero attached hydrogens (tertiary/aromatic N) is 1. The van der Waals surface area contributed by atoms with Gasteiger partial charge in [-0.3, -0.25) is 24.1 Å². The van der Waals surface area contributed by atoms with Crippen LogP contribution in [0.5, 0.6) is 5.75 Å². The molecule has 0 aliphatic rings. The zero-order chi connectivity index (χ0) is 21.8. The van der Waals surface area contributed by atoms with Crippen LogP contribution >= 0.6 is 22.6 Å². The number of H-pyrrole nitrogens is 3. The normalized spacial score (nSPS) is 10.8. The smallest absolute Gasteiger partial charge is 0.332 e. The second-order valence-corrected chi connectivity index (χ2v) is 8.20. The van der Waals surface area contributed by atoms with Crippen LogP contribution in [0.2, 0.25) is 0 Å². The van der Waals surface area contributed by atoms with Crippen molar-refractivity contribution in [1.29, 1.82) is 0 Å². The quantitative estimate of drug-likeness (QED) is 0.449. The molecule has 0 bridgehead atoms. The zero-order valence-electron chi connectivity index (χ0n) is 16.3. The number of methoxy groups -OCH3 is 1. The van der Waals surface area contributed by atoms with Crippen LogP contribution < -0.4 is 27.2 Å². The molecule has 0 saturated carbocycles. The number of aromatic nitrogens is 4. The maximum Gasteiger partial charge on any atom is 0.332 e. The molecule has 2 heterocycles. The molecule has 0 saturated heterocycles. The predicted octanol–water partition coefficient (Wildman–Crippen LogP) is 1.50. The third kappa shape index (κ3) is 5.79. The average Bonchev–Trinajstić information content (AvgIpc) is 2.60. The van der Waals surface area contributed by atoms with Gasteiger partial charge in [0.25, 0.3) is 11.1 Å². The summed E-state index contributed by atoms with van der Waals surface area (Å²) in [6, 6.07) is 6.34. The summed E-state index contributed by atoms with van der Waals surface area (Å²) in [5.74, 6) is 0.810. The number of rotatable bonds is 2. The summed E-state index contributed by atoms with van der Waals surface area (Å²) in [5.41, 5.74) is -0.144. The summed E-state index contributed by atoms with van der Waals surface area (Å²) in [6.07, 6.45) is 2.77. The Balaban J connectivity index is 0.000000313. The van der Waals surface area contributed by atoms with Crippen molar-refractivity contribution in [3.05, 3.63) is 87.5 Å². The Morgan fingerprint density at radius 3 is 2.14 bits per heavy atom. The number of halogens is 1. The van der Waals surface area contributed by atoms with Crippen molar-refractivity contribution in [1.82, 2.24) is 19.5 Å². The summed E-state index contributed by atoms with van der Waals surface area (Å²) in [5, 5.41) is 0. The standard InChI is InChI=1S/C15H17IN2O3.C4H4N2O2/c1-15(2,3)10-7-9(8-11(16)13(10)21-4)18-6-5-12(19)17-14(18)20;7-3-1-2-5-4(8)6-3/h5-8H,1-4H3,(H,17,19,20);1-2H,(H2,5,6,7,8). The van der Waals surface area contributed by atoms with E-state index in [1.807, 2.05) is 17.1 Å². The summed E-state index contributed by atoms with van der Waals surface area (Å²) in [4.78, 5) is 50.0. The highest BCUT2D eigenvalue weighted by atomic mass is 127. The van der Waals surface area contributed by atoms with Gasteiger partial charge < -0.3 is 9.72 Å². The molecule has 29 heavy (non-hydrogen) atoms. The molecular weight excluding hydrogens is 491 g/mol. The highest BCUT2D eigenvalue weighted by Gasteiger charge is 2.22. The summed E-state index contributed by atoms with van der Waals surface area (Å²) < 4.78 is 7.82. The van der Waals surface area contributed by atoms with Gasteiger partial charge in [-0.05, 0) is 40.1 Å². The molecule has 0 unspecified atom stereocenters. The minimum Gasteiger partial charge on any atom is -0.495 e. The summed E-state index contributed by atoms with van der Waals surface area (Å²) in [7, 11) is 1.64. The van der Waals surface area contributed by atoms with Crippen molar-refractivity contribution >= 4 is 22.6 Å². The van der Waals surface area contributed by atoms with Gasteiger partial charge in [0, 0.05) is 30.1 Å². The molecule has 0 spiro atoms. The van der Waals surface area contributed by atoms with E-state index in [1.165, 1.54) is 29.1 Å². The number of aromatic amines is 3. The van der Waals surface area contributed by atoms with Gasteiger partial charge >= 0.3 is 11.4 Å². The molecule has 0 radical (unpaired) electrons. The maximum atomic E-state index is 11.9. The molecule has 0 aliphatic carbocycles. The molecular formula is C19H21IN4O5. The highest BCUT2D eigenvalue weighted by Crippen LogP contribution is 2.36. The zero-order valence-corrected chi connectivity index (χ0v) is 18.5. The Morgan fingerprint density at radius 2 is 1.66 bits per heavy atom. The van der Waals surface area contributed by atoms with Crippen molar-refractivity contribution in [3.63, 3.8) is 0 Å². The van der Waals surface area contributed by atoms with Crippen molar-refractivity contribution in [2.75, 3.05) is 7.11 Å². The van der Waals surface area contributed by atoms with Gasteiger partial charge in [0.15, 0.2) is 0 Å². The fourth-order valence-electron chi connectivity index (χ4n) is 2.49. The van der Waals surface area contributed by atoms with Crippen LogP contribution in [-0.2, 0) is 5.41 Å². The fraction of sp³-hybridized carbons (Fsp3) is 0.263. The lowest BCUT2D eigenvalue weighted by Crippen LogP contribution is -2.28. The predicted molar refractivity (Wildman–Crippen MR) is 118 cm³/mol. The molecule has 3 rings (SSSR count). The fourth-order valence-corrected chi connectivity index (χ4v) is 3.32. The van der Waals surface area contributed by atoms with Gasteiger partial charge in [0.2, 0.25) is 0 Å². The molecule has 0 amide bonds. The Labute approximate surface area is 178 Å². The van der Waals surface area contributed by atoms with Crippen molar-refractivity contribution in [3.8, 4) is 11.4 Å². The Kier molecular flexibility index (Phi) is 7.01. The lowest BCUT2D eigenvalue weighted by atomic mass is 9.86. The number of benzene rings is 1. The SMILES string of the molecule is COc1c(I)cc(-n2ccc(=O)[nH]c2=O)cc1C(C)(C)C.O=c1cc[nH]c(=O)[nH]1. The van der Waals surface area contributed by atoms with Crippen LogP contribution in [0.4, 0.5) is 0 Å². The Morgan fingerprint density at radius 1 is 1.00 bits per heavy atom. The van der Waals surface area contributed by atoms with Gasteiger partial charge in [-0.15, -0.1) is 0 Å². The molecule has 2 aromatic heterocycles. The summed E-state index contributed by atoms with van der Waals surface area (Å²) >= 11 is 2.18. The molecule has 9 nitrogen and oxygen atoms in total. The van der Waals surface area contributed by atoms with Crippen LogP contribution in [0.15, 0.2) is 55.8 Å². The van der Waals surface area contributed by atoms with E-state index in [0.717, 1.165) is 14.9 Å². The molecule has 0 fully saturated rings. The van der Waals surface area contributed by atoms with E-state index < -0.39 is 16.9 Å². The molecule has 3 N–H and O–H groups in total. The third-order valence-electron chi connectivity index (χ3n) is 3.83. The Hall–Kier alpha value is -2.89. The minimum absolute atomic E-state index is 0.132. The van der Waals surface area contributed by atoms with E-state index in [2.05, 4.69) is 53.3 Å². The van der Waals surface area contributed by atoms with E-state index >= 15 is 0 Å². The number of nitrogens with one attached hydrogen (secondary N) is 3. The van der Waals surface area contributed by atoms with Crippen LogP contribution in [0.1, 0.15) is 26.3 Å². The monoisotopic (exact) mass is 512 g/mol. The highest BCUT2D eigenvalue weighted by molar-refractivity contribution is 14.1.